The van der Waals surface area contributed by atoms with Crippen molar-refractivity contribution in [2.75, 3.05) is 32.6 Å². The largest absolute Gasteiger partial charge is 0.363 e. The molecule has 0 atom stereocenters. The lowest BCUT2D eigenvalue weighted by Gasteiger charge is -2.21. The van der Waals surface area contributed by atoms with E-state index in [-0.39, 0.29) is 0 Å². The lowest BCUT2D eigenvalue weighted by atomic mass is 10.1. The van der Waals surface area contributed by atoms with Gasteiger partial charge in [-0.25, -0.2) is 9.98 Å². The summed E-state index contributed by atoms with van der Waals surface area (Å²) in [7, 11) is 8.00. The van der Waals surface area contributed by atoms with Gasteiger partial charge in [0.1, 0.15) is 5.82 Å². The summed E-state index contributed by atoms with van der Waals surface area (Å²) in [6.07, 6.45) is 3.92. The number of para-hydroxylation sites is 1. The third-order valence-corrected chi connectivity index (χ3v) is 4.52. The lowest BCUT2D eigenvalue weighted by Crippen LogP contribution is -2.38. The van der Waals surface area contributed by atoms with Crippen LogP contribution in [0.15, 0.2) is 47.7 Å². The minimum Gasteiger partial charge on any atom is -0.363 e. The molecule has 0 fully saturated rings. The van der Waals surface area contributed by atoms with Gasteiger partial charge in [0.25, 0.3) is 0 Å². The molecule has 1 aromatic carbocycles. The van der Waals surface area contributed by atoms with Gasteiger partial charge in [0.2, 0.25) is 0 Å². The van der Waals surface area contributed by atoms with Crippen LogP contribution in [0.4, 0.5) is 5.82 Å². The number of hydrogen-bond donors (Lipinski definition) is 1. The molecule has 0 amide bonds. The highest BCUT2D eigenvalue weighted by Gasteiger charge is 2.10. The molecule has 3 aromatic rings. The molecule has 3 rings (SSSR count). The van der Waals surface area contributed by atoms with Crippen molar-refractivity contribution in [2.45, 2.75) is 20.0 Å². The van der Waals surface area contributed by atoms with Crippen LogP contribution in [0, 0.1) is 0 Å². The average molecular weight is 380 g/mol. The highest BCUT2D eigenvalue weighted by Crippen LogP contribution is 2.22. The van der Waals surface area contributed by atoms with Crippen molar-refractivity contribution in [1.29, 1.82) is 0 Å². The molecule has 28 heavy (non-hydrogen) atoms. The number of fused-ring (bicyclic) bond motifs is 1. The number of nitrogens with zero attached hydrogens (tertiary/aromatic N) is 6. The van der Waals surface area contributed by atoms with Crippen molar-refractivity contribution in [3.63, 3.8) is 0 Å². The zero-order valence-electron chi connectivity index (χ0n) is 17.3. The Hall–Kier alpha value is -3.09. The van der Waals surface area contributed by atoms with Crippen molar-refractivity contribution >= 4 is 22.7 Å². The van der Waals surface area contributed by atoms with Gasteiger partial charge in [-0.2, -0.15) is 5.10 Å². The van der Waals surface area contributed by atoms with E-state index in [9.17, 15) is 0 Å². The maximum Gasteiger partial charge on any atom is 0.194 e. The Balaban J connectivity index is 1.88. The summed E-state index contributed by atoms with van der Waals surface area (Å²) in [5, 5.41) is 8.78. The Bertz CT molecular complexity index is 958. The zero-order valence-corrected chi connectivity index (χ0v) is 17.3. The van der Waals surface area contributed by atoms with Gasteiger partial charge in [-0.05, 0) is 24.6 Å². The number of rotatable bonds is 6. The van der Waals surface area contributed by atoms with Gasteiger partial charge in [-0.15, -0.1) is 0 Å². The normalized spacial score (nSPS) is 11.7. The first-order valence-electron chi connectivity index (χ1n) is 9.51. The molecule has 0 unspecified atom stereocenters. The predicted octanol–water partition coefficient (Wildman–Crippen LogP) is 2.63. The van der Waals surface area contributed by atoms with E-state index < -0.39 is 0 Å². The molecule has 1 N–H and O–H groups in total. The molecule has 0 spiro atoms. The molecule has 0 aliphatic carbocycles. The van der Waals surface area contributed by atoms with E-state index in [1.807, 2.05) is 62.3 Å². The van der Waals surface area contributed by atoms with E-state index in [1.165, 1.54) is 5.56 Å². The number of pyridine rings is 1. The first-order chi connectivity index (χ1) is 13.5. The van der Waals surface area contributed by atoms with Crippen LogP contribution in [0.25, 0.3) is 10.9 Å². The van der Waals surface area contributed by atoms with Gasteiger partial charge in [0, 0.05) is 58.4 Å². The Morgan fingerprint density at radius 2 is 2.00 bits per heavy atom. The second-order valence-corrected chi connectivity index (χ2v) is 7.10. The van der Waals surface area contributed by atoms with Crippen LogP contribution in [-0.2, 0) is 20.1 Å². The highest BCUT2D eigenvalue weighted by atomic mass is 15.3. The number of hydrogen-bond acceptors (Lipinski definition) is 4. The number of nitrogens with one attached hydrogen (secondary N) is 1. The second-order valence-electron chi connectivity index (χ2n) is 7.10. The van der Waals surface area contributed by atoms with Gasteiger partial charge in [0.05, 0.1) is 18.3 Å². The van der Waals surface area contributed by atoms with Crippen LogP contribution in [0.2, 0.25) is 0 Å². The summed E-state index contributed by atoms with van der Waals surface area (Å²) in [4.78, 5) is 13.8. The van der Waals surface area contributed by atoms with Crippen LogP contribution in [-0.4, -0.2) is 53.3 Å². The lowest BCUT2D eigenvalue weighted by molar-refractivity contribution is 0.476. The molecule has 2 heterocycles. The molecular formula is C21H29N7. The van der Waals surface area contributed by atoms with E-state index in [0.717, 1.165) is 41.3 Å². The van der Waals surface area contributed by atoms with E-state index in [1.54, 1.807) is 0 Å². The van der Waals surface area contributed by atoms with Gasteiger partial charge in [-0.1, -0.05) is 18.2 Å². The van der Waals surface area contributed by atoms with E-state index >= 15 is 0 Å². The van der Waals surface area contributed by atoms with E-state index in [2.05, 4.69) is 40.4 Å². The minimum absolute atomic E-state index is 0.587. The van der Waals surface area contributed by atoms with Crippen molar-refractivity contribution in [1.82, 2.24) is 25.0 Å². The SMILES string of the molecule is CCNC(=NCc1cc(N(C)C)nc2ccccc12)N(C)Cc1cnn(C)c1. The number of benzene rings is 1. The van der Waals surface area contributed by atoms with E-state index in [4.69, 9.17) is 9.98 Å². The van der Waals surface area contributed by atoms with Crippen LogP contribution >= 0.6 is 0 Å². The zero-order chi connectivity index (χ0) is 20.1. The molecule has 2 aromatic heterocycles. The van der Waals surface area contributed by atoms with Crippen molar-refractivity contribution in [3.8, 4) is 0 Å². The van der Waals surface area contributed by atoms with Gasteiger partial charge in [0.15, 0.2) is 5.96 Å². The number of guanidine groups is 1. The Labute approximate surface area is 166 Å². The molecule has 7 heteroatoms. The van der Waals surface area contributed by atoms with Crippen LogP contribution in [0.5, 0.6) is 0 Å². The topological polar surface area (TPSA) is 61.6 Å². The standard InChI is InChI=1S/C21H29N7/c1-6-22-21(27(4)14-16-12-24-28(5)15-16)23-13-17-11-20(26(2)3)25-19-10-8-7-9-18(17)19/h7-12,15H,6,13-14H2,1-5H3,(H,22,23). The van der Waals surface area contributed by atoms with Crippen LogP contribution in [0.1, 0.15) is 18.1 Å². The number of aromatic nitrogens is 3. The summed E-state index contributed by atoms with van der Waals surface area (Å²) in [5.41, 5.74) is 3.31. The Morgan fingerprint density at radius 1 is 1.21 bits per heavy atom. The quantitative estimate of drug-likeness (QED) is 0.527. The van der Waals surface area contributed by atoms with E-state index in [0.29, 0.717) is 6.54 Å². The minimum atomic E-state index is 0.587. The maximum absolute atomic E-state index is 4.90. The fraction of sp³-hybridized carbons (Fsp3) is 0.381. The smallest absolute Gasteiger partial charge is 0.194 e. The second kappa shape index (κ2) is 8.73. The fourth-order valence-corrected chi connectivity index (χ4v) is 3.12. The van der Waals surface area contributed by atoms with Crippen molar-refractivity contribution in [3.05, 3.63) is 53.9 Å². The molecule has 7 nitrogen and oxygen atoms in total. The number of aryl methyl sites for hydroxylation is 1. The average Bonchev–Trinajstić information content (AvgIpc) is 3.09. The van der Waals surface area contributed by atoms with Crippen LogP contribution in [0.3, 0.4) is 0 Å². The number of anilines is 1. The fourth-order valence-electron chi connectivity index (χ4n) is 3.12. The maximum atomic E-state index is 4.90. The molecule has 148 valence electrons. The van der Waals surface area contributed by atoms with Gasteiger partial charge in [-0.3, -0.25) is 4.68 Å². The molecule has 0 aliphatic rings. The third-order valence-electron chi connectivity index (χ3n) is 4.52. The summed E-state index contributed by atoms with van der Waals surface area (Å²) < 4.78 is 1.82. The molecular weight excluding hydrogens is 350 g/mol. The molecule has 0 saturated carbocycles. The molecule has 0 radical (unpaired) electrons. The molecule has 0 aliphatic heterocycles. The summed E-state index contributed by atoms with van der Waals surface area (Å²) in [6.45, 7) is 4.24. The first-order valence-corrected chi connectivity index (χ1v) is 9.51. The van der Waals surface area contributed by atoms with Gasteiger partial charge >= 0.3 is 0 Å². The molecule has 0 saturated heterocycles. The summed E-state index contributed by atoms with van der Waals surface area (Å²) in [6, 6.07) is 10.4. The van der Waals surface area contributed by atoms with Crippen LogP contribution < -0.4 is 10.2 Å². The monoisotopic (exact) mass is 379 g/mol. The predicted molar refractivity (Wildman–Crippen MR) is 116 cm³/mol. The van der Waals surface area contributed by atoms with Crippen molar-refractivity contribution < 1.29 is 0 Å². The Kier molecular flexibility index (Phi) is 6.13. The Morgan fingerprint density at radius 3 is 2.68 bits per heavy atom. The first kappa shape index (κ1) is 19.7. The summed E-state index contributed by atoms with van der Waals surface area (Å²) in [5.74, 6) is 1.82. The highest BCUT2D eigenvalue weighted by molar-refractivity contribution is 5.85. The molecule has 0 bridgehead atoms. The summed E-state index contributed by atoms with van der Waals surface area (Å²) >= 11 is 0. The van der Waals surface area contributed by atoms with Crippen molar-refractivity contribution in [2.24, 2.45) is 12.0 Å². The number of aliphatic imine (C=N–C) groups is 1. The third kappa shape index (κ3) is 4.60. The van der Waals surface area contributed by atoms with Gasteiger partial charge < -0.3 is 15.1 Å².